The van der Waals surface area contributed by atoms with E-state index in [1.165, 1.54) is 96.3 Å². The van der Waals surface area contributed by atoms with Crippen molar-refractivity contribution in [3.8, 4) is 0 Å². The van der Waals surface area contributed by atoms with E-state index in [0.29, 0.717) is 0 Å². The first-order chi connectivity index (χ1) is 10.4. The quantitative estimate of drug-likeness (QED) is 0.245. The highest BCUT2D eigenvalue weighted by Gasteiger charge is 1.94. The van der Waals surface area contributed by atoms with Crippen molar-refractivity contribution in [3.63, 3.8) is 0 Å². The van der Waals surface area contributed by atoms with Crippen LogP contribution in [0.4, 0.5) is 0 Å². The summed E-state index contributed by atoms with van der Waals surface area (Å²) in [5.41, 5.74) is 0. The summed E-state index contributed by atoms with van der Waals surface area (Å²) >= 11 is 0. The molecule has 0 fully saturated rings. The van der Waals surface area contributed by atoms with Crippen molar-refractivity contribution in [1.82, 2.24) is 0 Å². The summed E-state index contributed by atoms with van der Waals surface area (Å²) in [4.78, 5) is 0. The van der Waals surface area contributed by atoms with Crippen LogP contribution in [0.2, 0.25) is 0 Å². The molecule has 0 heterocycles. The van der Waals surface area contributed by atoms with Crippen molar-refractivity contribution in [2.75, 3.05) is 13.2 Å². The fourth-order valence-corrected chi connectivity index (χ4v) is 2.70. The maximum atomic E-state index is 5.69. The zero-order valence-corrected chi connectivity index (χ0v) is 14.8. The van der Waals surface area contributed by atoms with Crippen LogP contribution >= 0.6 is 0 Å². The van der Waals surface area contributed by atoms with Gasteiger partial charge in [0.25, 0.3) is 0 Å². The van der Waals surface area contributed by atoms with E-state index in [1.807, 2.05) is 0 Å². The van der Waals surface area contributed by atoms with Gasteiger partial charge in [-0.05, 0) is 12.8 Å². The van der Waals surface area contributed by atoms with Crippen LogP contribution in [0, 0.1) is 6.92 Å². The van der Waals surface area contributed by atoms with Gasteiger partial charge in [0, 0.05) is 13.2 Å². The van der Waals surface area contributed by atoms with Gasteiger partial charge in [-0.15, -0.1) is 0 Å². The molecule has 127 valence electrons. The molecular weight excluding hydrogens is 256 g/mol. The van der Waals surface area contributed by atoms with Crippen LogP contribution in [0.5, 0.6) is 0 Å². The van der Waals surface area contributed by atoms with Crippen molar-refractivity contribution >= 4 is 0 Å². The Morgan fingerprint density at radius 2 is 0.905 bits per heavy atom. The normalized spacial score (nSPS) is 11.1. The second-order valence-corrected chi connectivity index (χ2v) is 6.42. The van der Waals surface area contributed by atoms with Crippen molar-refractivity contribution in [3.05, 3.63) is 6.92 Å². The average molecular weight is 298 g/mol. The number of unbranched alkanes of at least 4 members (excludes halogenated alkanes) is 14. The summed E-state index contributed by atoms with van der Waals surface area (Å²) in [7, 11) is 0. The average Bonchev–Trinajstić information content (AvgIpc) is 2.50. The van der Waals surface area contributed by atoms with Gasteiger partial charge in [0.15, 0.2) is 0 Å². The predicted octanol–water partition coefficient (Wildman–Crippen LogP) is 7.10. The summed E-state index contributed by atoms with van der Waals surface area (Å²) in [6.07, 6.45) is 21.7. The van der Waals surface area contributed by atoms with Crippen LogP contribution in [0.3, 0.4) is 0 Å². The van der Waals surface area contributed by atoms with Crippen LogP contribution < -0.4 is 0 Å². The van der Waals surface area contributed by atoms with Gasteiger partial charge in [0.05, 0.1) is 0 Å². The van der Waals surface area contributed by atoms with Gasteiger partial charge in [0.2, 0.25) is 0 Å². The Labute approximate surface area is 135 Å². The molecule has 0 saturated carbocycles. The van der Waals surface area contributed by atoms with E-state index in [4.69, 9.17) is 4.74 Å². The summed E-state index contributed by atoms with van der Waals surface area (Å²) < 4.78 is 5.69. The first-order valence-electron chi connectivity index (χ1n) is 9.78. The molecule has 0 atom stereocenters. The van der Waals surface area contributed by atoms with E-state index < -0.39 is 0 Å². The molecule has 0 unspecified atom stereocenters. The highest BCUT2D eigenvalue weighted by molar-refractivity contribution is 4.49. The monoisotopic (exact) mass is 297 g/mol. The molecule has 0 rings (SSSR count). The highest BCUT2D eigenvalue weighted by Crippen LogP contribution is 2.11. The molecule has 0 aliphatic rings. The first-order valence-corrected chi connectivity index (χ1v) is 9.78. The van der Waals surface area contributed by atoms with Gasteiger partial charge < -0.3 is 4.74 Å². The molecule has 0 N–H and O–H groups in total. The van der Waals surface area contributed by atoms with E-state index in [0.717, 1.165) is 19.6 Å². The van der Waals surface area contributed by atoms with Crippen LogP contribution in [0.25, 0.3) is 0 Å². The summed E-state index contributed by atoms with van der Waals surface area (Å²) in [6, 6.07) is 0. The SMILES string of the molecule is [CH2]CCCCCCCCCCCCOCCCCCCC. The Morgan fingerprint density at radius 3 is 1.33 bits per heavy atom. The molecule has 0 saturated heterocycles. The van der Waals surface area contributed by atoms with Crippen molar-refractivity contribution < 1.29 is 4.74 Å². The Hall–Kier alpha value is -0.0400. The van der Waals surface area contributed by atoms with Crippen molar-refractivity contribution in [2.24, 2.45) is 0 Å². The van der Waals surface area contributed by atoms with E-state index in [1.54, 1.807) is 0 Å². The van der Waals surface area contributed by atoms with Crippen LogP contribution in [0.15, 0.2) is 0 Å². The lowest BCUT2D eigenvalue weighted by Gasteiger charge is -2.05. The molecule has 0 amide bonds. The van der Waals surface area contributed by atoms with Crippen LogP contribution in [-0.4, -0.2) is 13.2 Å². The van der Waals surface area contributed by atoms with Gasteiger partial charge in [-0.1, -0.05) is 104 Å². The van der Waals surface area contributed by atoms with Gasteiger partial charge in [-0.3, -0.25) is 0 Å². The maximum Gasteiger partial charge on any atom is 0.0466 e. The number of rotatable bonds is 18. The van der Waals surface area contributed by atoms with E-state index in [9.17, 15) is 0 Å². The fourth-order valence-electron chi connectivity index (χ4n) is 2.70. The lowest BCUT2D eigenvalue weighted by atomic mass is 10.1. The lowest BCUT2D eigenvalue weighted by Crippen LogP contribution is -1.97. The minimum Gasteiger partial charge on any atom is -0.381 e. The second kappa shape index (κ2) is 20.0. The molecule has 0 aliphatic heterocycles. The molecule has 0 aromatic rings. The number of hydrogen-bond donors (Lipinski definition) is 0. The molecule has 1 nitrogen and oxygen atoms in total. The molecule has 0 aliphatic carbocycles. The Bertz CT molecular complexity index is 149. The standard InChI is InChI=1S/C20H41O/c1-3-5-7-9-10-11-12-13-14-16-18-20-21-19-17-15-8-6-4-2/h1,3-20H2,2H3. The molecule has 21 heavy (non-hydrogen) atoms. The van der Waals surface area contributed by atoms with E-state index in [2.05, 4.69) is 13.8 Å². The van der Waals surface area contributed by atoms with Gasteiger partial charge in [0.1, 0.15) is 0 Å². The van der Waals surface area contributed by atoms with Crippen LogP contribution in [0.1, 0.15) is 110 Å². The zero-order valence-electron chi connectivity index (χ0n) is 14.8. The maximum absolute atomic E-state index is 5.69. The highest BCUT2D eigenvalue weighted by atomic mass is 16.5. The molecule has 0 spiro atoms. The third-order valence-corrected chi connectivity index (χ3v) is 4.18. The Morgan fingerprint density at radius 1 is 0.524 bits per heavy atom. The number of hydrogen-bond acceptors (Lipinski definition) is 1. The summed E-state index contributed by atoms with van der Waals surface area (Å²) in [5, 5.41) is 0. The minimum absolute atomic E-state index is 0.983. The molecule has 1 heteroatoms. The van der Waals surface area contributed by atoms with E-state index in [-0.39, 0.29) is 0 Å². The third kappa shape index (κ3) is 20.0. The molecule has 0 aromatic carbocycles. The van der Waals surface area contributed by atoms with Gasteiger partial charge in [-0.25, -0.2) is 0 Å². The fraction of sp³-hybridized carbons (Fsp3) is 0.950. The molecular formula is C20H41O. The smallest absolute Gasteiger partial charge is 0.0466 e. The van der Waals surface area contributed by atoms with Crippen molar-refractivity contribution in [1.29, 1.82) is 0 Å². The third-order valence-electron chi connectivity index (χ3n) is 4.18. The lowest BCUT2D eigenvalue weighted by molar-refractivity contribution is 0.125. The molecule has 0 aromatic heterocycles. The predicted molar refractivity (Wildman–Crippen MR) is 95.7 cm³/mol. The van der Waals surface area contributed by atoms with E-state index >= 15 is 0 Å². The Kier molecular flexibility index (Phi) is 19.9. The molecule has 1 radical (unpaired) electrons. The Balaban J connectivity index is 2.90. The zero-order chi connectivity index (χ0) is 15.4. The topological polar surface area (TPSA) is 9.23 Å². The van der Waals surface area contributed by atoms with Gasteiger partial charge in [-0.2, -0.15) is 0 Å². The first kappa shape index (κ1) is 21.0. The minimum atomic E-state index is 0.983. The second-order valence-electron chi connectivity index (χ2n) is 6.42. The van der Waals surface area contributed by atoms with Crippen molar-refractivity contribution in [2.45, 2.75) is 110 Å². The molecule has 0 bridgehead atoms. The summed E-state index contributed by atoms with van der Waals surface area (Å²) in [6.45, 7) is 8.12. The largest absolute Gasteiger partial charge is 0.381 e. The van der Waals surface area contributed by atoms with Gasteiger partial charge >= 0.3 is 0 Å². The summed E-state index contributed by atoms with van der Waals surface area (Å²) in [5.74, 6) is 0. The number of ether oxygens (including phenoxy) is 1. The van der Waals surface area contributed by atoms with Crippen LogP contribution in [-0.2, 0) is 4.74 Å².